The fourth-order valence-corrected chi connectivity index (χ4v) is 4.19. The summed E-state index contributed by atoms with van der Waals surface area (Å²) in [5, 5.41) is 3.03. The molecule has 1 saturated heterocycles. The minimum atomic E-state index is 0.101. The Bertz CT molecular complexity index is 708. The van der Waals surface area contributed by atoms with E-state index in [1.165, 1.54) is 36.1 Å². The van der Waals surface area contributed by atoms with Crippen LogP contribution in [0.25, 0.3) is 0 Å². The SMILES string of the molecule is Cc1ccccc1CSCC(=O)NCc1ccc(N2CCCCC2)cc1. The van der Waals surface area contributed by atoms with Gasteiger partial charge in [-0.3, -0.25) is 4.79 Å². The molecule has 3 rings (SSSR count). The Morgan fingerprint density at radius 3 is 2.50 bits per heavy atom. The average molecular weight is 369 g/mol. The Hall–Kier alpha value is -1.94. The summed E-state index contributed by atoms with van der Waals surface area (Å²) in [7, 11) is 0. The van der Waals surface area contributed by atoms with Crippen molar-refractivity contribution < 1.29 is 4.79 Å². The number of rotatable bonds is 7. The molecule has 1 aliphatic rings. The normalized spacial score (nSPS) is 14.3. The molecule has 0 atom stereocenters. The van der Waals surface area contributed by atoms with Crippen LogP contribution in [0.4, 0.5) is 5.69 Å². The average Bonchev–Trinajstić information content (AvgIpc) is 2.69. The van der Waals surface area contributed by atoms with Gasteiger partial charge in [0.05, 0.1) is 5.75 Å². The molecule has 0 unspecified atom stereocenters. The van der Waals surface area contributed by atoms with Crippen molar-refractivity contribution in [3.05, 3.63) is 65.2 Å². The molecular weight excluding hydrogens is 340 g/mol. The van der Waals surface area contributed by atoms with Gasteiger partial charge >= 0.3 is 0 Å². The largest absolute Gasteiger partial charge is 0.372 e. The number of piperidine rings is 1. The Morgan fingerprint density at radius 2 is 1.77 bits per heavy atom. The summed E-state index contributed by atoms with van der Waals surface area (Å²) in [5.41, 5.74) is 5.05. The smallest absolute Gasteiger partial charge is 0.230 e. The first kappa shape index (κ1) is 18.8. The van der Waals surface area contributed by atoms with Crippen molar-refractivity contribution in [2.45, 2.75) is 38.5 Å². The Balaban J connectivity index is 1.39. The molecule has 0 spiro atoms. The summed E-state index contributed by atoms with van der Waals surface area (Å²) in [6, 6.07) is 17.0. The number of carbonyl (C=O) groups excluding carboxylic acids is 1. The summed E-state index contributed by atoms with van der Waals surface area (Å²) in [4.78, 5) is 14.5. The van der Waals surface area contributed by atoms with E-state index < -0.39 is 0 Å². The van der Waals surface area contributed by atoms with Crippen molar-refractivity contribution in [1.29, 1.82) is 0 Å². The van der Waals surface area contributed by atoms with E-state index in [1.54, 1.807) is 11.8 Å². The van der Waals surface area contributed by atoms with Gasteiger partial charge in [0.1, 0.15) is 0 Å². The van der Waals surface area contributed by atoms with Crippen LogP contribution in [0.3, 0.4) is 0 Å². The van der Waals surface area contributed by atoms with Gasteiger partial charge in [-0.25, -0.2) is 0 Å². The van der Waals surface area contributed by atoms with E-state index in [-0.39, 0.29) is 5.91 Å². The monoisotopic (exact) mass is 368 g/mol. The van der Waals surface area contributed by atoms with Gasteiger partial charge in [-0.15, -0.1) is 11.8 Å². The molecule has 0 aromatic heterocycles. The van der Waals surface area contributed by atoms with Crippen LogP contribution in [0.1, 0.15) is 36.0 Å². The molecule has 1 heterocycles. The number of amides is 1. The van der Waals surface area contributed by atoms with Crippen LogP contribution in [0.5, 0.6) is 0 Å². The van der Waals surface area contributed by atoms with Crippen molar-refractivity contribution in [2.24, 2.45) is 0 Å². The van der Waals surface area contributed by atoms with Gasteiger partial charge in [0.25, 0.3) is 0 Å². The van der Waals surface area contributed by atoms with Gasteiger partial charge in [0.15, 0.2) is 0 Å². The van der Waals surface area contributed by atoms with Gasteiger partial charge < -0.3 is 10.2 Å². The van der Waals surface area contributed by atoms with E-state index in [0.717, 1.165) is 24.4 Å². The maximum Gasteiger partial charge on any atom is 0.230 e. The highest BCUT2D eigenvalue weighted by Gasteiger charge is 2.10. The lowest BCUT2D eigenvalue weighted by Crippen LogP contribution is -2.29. The molecule has 26 heavy (non-hydrogen) atoms. The summed E-state index contributed by atoms with van der Waals surface area (Å²) in [6.45, 7) is 5.04. The third-order valence-electron chi connectivity index (χ3n) is 4.90. The van der Waals surface area contributed by atoms with Crippen molar-refractivity contribution in [3.8, 4) is 0 Å². The fourth-order valence-electron chi connectivity index (χ4n) is 3.25. The quantitative estimate of drug-likeness (QED) is 0.779. The highest BCUT2D eigenvalue weighted by molar-refractivity contribution is 7.99. The summed E-state index contributed by atoms with van der Waals surface area (Å²) in [5.74, 6) is 1.48. The summed E-state index contributed by atoms with van der Waals surface area (Å²) >= 11 is 1.67. The van der Waals surface area contributed by atoms with Gasteiger partial charge in [-0.05, 0) is 55.0 Å². The van der Waals surface area contributed by atoms with Gasteiger partial charge in [0, 0.05) is 31.1 Å². The molecule has 0 radical (unpaired) electrons. The molecule has 1 fully saturated rings. The van der Waals surface area contributed by atoms with Crippen molar-refractivity contribution in [1.82, 2.24) is 5.32 Å². The van der Waals surface area contributed by atoms with Crippen molar-refractivity contribution in [2.75, 3.05) is 23.7 Å². The predicted octanol–water partition coefficient (Wildman–Crippen LogP) is 4.53. The predicted molar refractivity (Wildman–Crippen MR) is 112 cm³/mol. The molecule has 3 nitrogen and oxygen atoms in total. The second-order valence-electron chi connectivity index (χ2n) is 6.91. The summed E-state index contributed by atoms with van der Waals surface area (Å²) in [6.07, 6.45) is 3.93. The number of carbonyl (C=O) groups is 1. The molecule has 1 N–H and O–H groups in total. The first-order chi connectivity index (χ1) is 12.7. The van der Waals surface area contributed by atoms with Crippen LogP contribution in [0.15, 0.2) is 48.5 Å². The van der Waals surface area contributed by atoms with E-state index in [4.69, 9.17) is 0 Å². The number of anilines is 1. The maximum atomic E-state index is 12.1. The third-order valence-corrected chi connectivity index (χ3v) is 5.88. The Morgan fingerprint density at radius 1 is 1.04 bits per heavy atom. The number of hydrogen-bond acceptors (Lipinski definition) is 3. The van der Waals surface area contributed by atoms with Crippen LogP contribution in [0, 0.1) is 6.92 Å². The van der Waals surface area contributed by atoms with Gasteiger partial charge in [0.2, 0.25) is 5.91 Å². The first-order valence-corrected chi connectivity index (χ1v) is 10.6. The Labute approximate surface area is 161 Å². The summed E-state index contributed by atoms with van der Waals surface area (Å²) < 4.78 is 0. The topological polar surface area (TPSA) is 32.3 Å². The van der Waals surface area contributed by atoms with E-state index in [2.05, 4.69) is 59.6 Å². The highest BCUT2D eigenvalue weighted by atomic mass is 32.2. The fraction of sp³-hybridized carbons (Fsp3) is 0.409. The molecular formula is C22H28N2OS. The minimum absolute atomic E-state index is 0.101. The van der Waals surface area contributed by atoms with Crippen LogP contribution < -0.4 is 10.2 Å². The lowest BCUT2D eigenvalue weighted by atomic mass is 10.1. The number of hydrogen-bond donors (Lipinski definition) is 1. The number of thioether (sulfide) groups is 1. The second-order valence-corrected chi connectivity index (χ2v) is 7.90. The number of aryl methyl sites for hydroxylation is 1. The molecule has 1 aliphatic heterocycles. The lowest BCUT2D eigenvalue weighted by Gasteiger charge is -2.28. The molecule has 138 valence electrons. The van der Waals surface area contributed by atoms with E-state index in [9.17, 15) is 4.79 Å². The zero-order valence-electron chi connectivity index (χ0n) is 15.5. The van der Waals surface area contributed by atoms with Crippen molar-refractivity contribution >= 4 is 23.4 Å². The number of nitrogens with one attached hydrogen (secondary N) is 1. The number of benzene rings is 2. The van der Waals surface area contributed by atoms with E-state index in [1.807, 2.05) is 6.07 Å². The van der Waals surface area contributed by atoms with Crippen LogP contribution in [-0.2, 0) is 17.1 Å². The molecule has 4 heteroatoms. The zero-order valence-corrected chi connectivity index (χ0v) is 16.4. The molecule has 1 amide bonds. The van der Waals surface area contributed by atoms with Gasteiger partial charge in [-0.2, -0.15) is 0 Å². The molecule has 0 aliphatic carbocycles. The maximum absolute atomic E-state index is 12.1. The standard InChI is InChI=1S/C22H28N2OS/c1-18-7-3-4-8-20(18)16-26-17-22(25)23-15-19-9-11-21(12-10-19)24-13-5-2-6-14-24/h3-4,7-12H,2,5-6,13-17H2,1H3,(H,23,25). The zero-order chi connectivity index (χ0) is 18.2. The van der Waals surface area contributed by atoms with E-state index in [0.29, 0.717) is 12.3 Å². The van der Waals surface area contributed by atoms with Crippen LogP contribution >= 0.6 is 11.8 Å². The molecule has 2 aromatic carbocycles. The van der Waals surface area contributed by atoms with Crippen LogP contribution in [-0.4, -0.2) is 24.7 Å². The molecule has 0 bridgehead atoms. The first-order valence-electron chi connectivity index (χ1n) is 9.45. The highest BCUT2D eigenvalue weighted by Crippen LogP contribution is 2.20. The molecule has 2 aromatic rings. The van der Waals surface area contributed by atoms with E-state index >= 15 is 0 Å². The van der Waals surface area contributed by atoms with Crippen LogP contribution in [0.2, 0.25) is 0 Å². The Kier molecular flexibility index (Phi) is 7.01. The number of nitrogens with zero attached hydrogens (tertiary/aromatic N) is 1. The van der Waals surface area contributed by atoms with Gasteiger partial charge in [-0.1, -0.05) is 36.4 Å². The molecule has 0 saturated carbocycles. The second kappa shape index (κ2) is 9.67. The minimum Gasteiger partial charge on any atom is -0.372 e. The lowest BCUT2D eigenvalue weighted by molar-refractivity contribution is -0.118. The van der Waals surface area contributed by atoms with Crippen molar-refractivity contribution in [3.63, 3.8) is 0 Å². The third kappa shape index (κ3) is 5.53.